The molecular formula is C17H21ClN2O2S. The minimum Gasteiger partial charge on any atom is -0.309 e. The van der Waals surface area contributed by atoms with Gasteiger partial charge in [0.1, 0.15) is 0 Å². The average molecular weight is 353 g/mol. The Balaban J connectivity index is 2.33. The second kappa shape index (κ2) is 7.90. The molecule has 0 saturated carbocycles. The Morgan fingerprint density at radius 1 is 1.09 bits per heavy atom. The molecule has 0 radical (unpaired) electrons. The molecule has 1 aromatic heterocycles. The third-order valence-corrected chi connectivity index (χ3v) is 6.10. The molecule has 2 rings (SSSR count). The van der Waals surface area contributed by atoms with E-state index < -0.39 is 15.1 Å². The molecule has 124 valence electrons. The average Bonchev–Trinajstić information content (AvgIpc) is 2.52. The van der Waals surface area contributed by atoms with E-state index in [1.165, 1.54) is 0 Å². The summed E-state index contributed by atoms with van der Waals surface area (Å²) in [5.41, 5.74) is 0.772. The molecule has 6 heteroatoms. The fourth-order valence-corrected chi connectivity index (χ4v) is 4.42. The van der Waals surface area contributed by atoms with Crippen molar-refractivity contribution in [3.63, 3.8) is 0 Å². The molecule has 0 amide bonds. The molecule has 0 fully saturated rings. The van der Waals surface area contributed by atoms with Crippen LogP contribution in [0.2, 0.25) is 5.02 Å². The number of aromatic nitrogens is 1. The predicted octanol–water partition coefficient (Wildman–Crippen LogP) is 3.59. The molecule has 2 aromatic rings. The van der Waals surface area contributed by atoms with Crippen molar-refractivity contribution in [2.45, 2.75) is 23.0 Å². The first kappa shape index (κ1) is 17.9. The minimum absolute atomic E-state index is 0.300. The number of hydrogen-bond donors (Lipinski definition) is 0. The number of sulfone groups is 1. The molecule has 0 saturated heterocycles. The van der Waals surface area contributed by atoms with Crippen molar-refractivity contribution in [1.82, 2.24) is 9.88 Å². The molecule has 1 aromatic carbocycles. The zero-order chi connectivity index (χ0) is 16.9. The first-order valence-electron chi connectivity index (χ1n) is 7.45. The first-order chi connectivity index (χ1) is 10.9. The van der Waals surface area contributed by atoms with Crippen LogP contribution < -0.4 is 0 Å². The van der Waals surface area contributed by atoms with Crippen LogP contribution in [-0.2, 0) is 9.84 Å². The van der Waals surface area contributed by atoms with Gasteiger partial charge in [-0.3, -0.25) is 4.98 Å². The largest absolute Gasteiger partial charge is 0.309 e. The topological polar surface area (TPSA) is 50.3 Å². The van der Waals surface area contributed by atoms with Crippen LogP contribution in [0.1, 0.15) is 23.7 Å². The van der Waals surface area contributed by atoms with E-state index in [0.29, 0.717) is 16.3 Å². The highest BCUT2D eigenvalue weighted by atomic mass is 35.5. The summed E-state index contributed by atoms with van der Waals surface area (Å²) in [6.07, 6.45) is 4.62. The summed E-state index contributed by atoms with van der Waals surface area (Å²) in [4.78, 5) is 6.34. The Labute approximate surface area is 143 Å². The van der Waals surface area contributed by atoms with Crippen molar-refractivity contribution in [2.24, 2.45) is 0 Å². The molecule has 0 aliphatic heterocycles. The van der Waals surface area contributed by atoms with Gasteiger partial charge in [-0.2, -0.15) is 0 Å². The fourth-order valence-electron chi connectivity index (χ4n) is 2.46. The predicted molar refractivity (Wildman–Crippen MR) is 93.4 cm³/mol. The van der Waals surface area contributed by atoms with E-state index in [1.807, 2.05) is 14.1 Å². The highest BCUT2D eigenvalue weighted by Gasteiger charge is 2.28. The maximum absolute atomic E-state index is 13.0. The number of hydrogen-bond acceptors (Lipinski definition) is 4. The number of pyridine rings is 1. The standard InChI is InChI=1S/C17H21ClN2O2S/c1-20(2)13-3-4-17(14-9-11-19-12-10-14)23(21,22)16-7-5-15(18)6-8-16/h5-12,17H,3-4,13H2,1-2H3. The van der Waals surface area contributed by atoms with Gasteiger partial charge in [0.25, 0.3) is 0 Å². The van der Waals surface area contributed by atoms with Crippen LogP contribution in [0.15, 0.2) is 53.7 Å². The molecular weight excluding hydrogens is 332 g/mol. The van der Waals surface area contributed by atoms with Gasteiger partial charge in [0.15, 0.2) is 9.84 Å². The summed E-state index contributed by atoms with van der Waals surface area (Å²) in [6, 6.07) is 9.90. The molecule has 0 bridgehead atoms. The summed E-state index contributed by atoms with van der Waals surface area (Å²) in [5.74, 6) is 0. The molecule has 0 spiro atoms. The Hall–Kier alpha value is -1.43. The number of halogens is 1. The van der Waals surface area contributed by atoms with Crippen LogP contribution in [0.25, 0.3) is 0 Å². The summed E-state index contributed by atoms with van der Waals surface area (Å²) in [7, 11) is 0.489. The molecule has 0 aliphatic carbocycles. The van der Waals surface area contributed by atoms with E-state index >= 15 is 0 Å². The van der Waals surface area contributed by atoms with E-state index in [-0.39, 0.29) is 0 Å². The van der Waals surface area contributed by atoms with Gasteiger partial charge < -0.3 is 4.90 Å². The van der Waals surface area contributed by atoms with Gasteiger partial charge in [0.2, 0.25) is 0 Å². The van der Waals surface area contributed by atoms with Crippen LogP contribution in [0.4, 0.5) is 0 Å². The number of benzene rings is 1. The van der Waals surface area contributed by atoms with Crippen LogP contribution in [0.5, 0.6) is 0 Å². The first-order valence-corrected chi connectivity index (χ1v) is 9.38. The lowest BCUT2D eigenvalue weighted by molar-refractivity contribution is 0.392. The molecule has 0 N–H and O–H groups in total. The quantitative estimate of drug-likeness (QED) is 0.764. The normalized spacial score (nSPS) is 13.2. The SMILES string of the molecule is CN(C)CCCC(c1ccncc1)S(=O)(=O)c1ccc(Cl)cc1. The van der Waals surface area contributed by atoms with Crippen molar-refractivity contribution in [3.05, 3.63) is 59.4 Å². The molecule has 4 nitrogen and oxygen atoms in total. The molecule has 1 heterocycles. The molecule has 0 aliphatic rings. The summed E-state index contributed by atoms with van der Waals surface area (Å²) >= 11 is 5.87. The van der Waals surface area contributed by atoms with Gasteiger partial charge >= 0.3 is 0 Å². The smallest absolute Gasteiger partial charge is 0.185 e. The van der Waals surface area contributed by atoms with Crippen molar-refractivity contribution in [1.29, 1.82) is 0 Å². The van der Waals surface area contributed by atoms with E-state index in [1.54, 1.807) is 48.8 Å². The third kappa shape index (κ3) is 4.77. The highest BCUT2D eigenvalue weighted by Crippen LogP contribution is 2.33. The van der Waals surface area contributed by atoms with Gasteiger partial charge in [-0.15, -0.1) is 0 Å². The third-order valence-electron chi connectivity index (χ3n) is 3.67. The Morgan fingerprint density at radius 2 is 1.70 bits per heavy atom. The summed E-state index contributed by atoms with van der Waals surface area (Å²) in [6.45, 7) is 0.845. The molecule has 1 atom stereocenters. The van der Waals surface area contributed by atoms with Gasteiger partial charge in [-0.1, -0.05) is 11.6 Å². The Kier molecular flexibility index (Phi) is 6.16. The van der Waals surface area contributed by atoms with E-state index in [2.05, 4.69) is 9.88 Å². The second-order valence-electron chi connectivity index (χ2n) is 5.71. The highest BCUT2D eigenvalue weighted by molar-refractivity contribution is 7.91. The van der Waals surface area contributed by atoms with Crippen molar-refractivity contribution >= 4 is 21.4 Å². The van der Waals surface area contributed by atoms with E-state index in [9.17, 15) is 8.42 Å². The van der Waals surface area contributed by atoms with Crippen LogP contribution in [-0.4, -0.2) is 38.9 Å². The van der Waals surface area contributed by atoms with Crippen molar-refractivity contribution in [3.8, 4) is 0 Å². The van der Waals surface area contributed by atoms with E-state index in [0.717, 1.165) is 18.5 Å². The number of nitrogens with zero attached hydrogens (tertiary/aromatic N) is 2. The van der Waals surface area contributed by atoms with Crippen molar-refractivity contribution in [2.75, 3.05) is 20.6 Å². The summed E-state index contributed by atoms with van der Waals surface area (Å²) in [5, 5.41) is -0.0522. The minimum atomic E-state index is -3.47. The lowest BCUT2D eigenvalue weighted by Crippen LogP contribution is -2.18. The number of rotatable bonds is 7. The zero-order valence-corrected chi connectivity index (χ0v) is 14.9. The van der Waals surface area contributed by atoms with Crippen LogP contribution >= 0.6 is 11.6 Å². The maximum atomic E-state index is 13.0. The second-order valence-corrected chi connectivity index (χ2v) is 8.28. The van der Waals surface area contributed by atoms with Crippen LogP contribution in [0.3, 0.4) is 0 Å². The monoisotopic (exact) mass is 352 g/mol. The van der Waals surface area contributed by atoms with Gasteiger partial charge in [0, 0.05) is 17.4 Å². The summed E-state index contributed by atoms with van der Waals surface area (Å²) < 4.78 is 26.1. The Bertz CT molecular complexity index is 716. The lowest BCUT2D eigenvalue weighted by Gasteiger charge is -2.19. The fraction of sp³-hybridized carbons (Fsp3) is 0.353. The van der Waals surface area contributed by atoms with Gasteiger partial charge in [0.05, 0.1) is 10.1 Å². The zero-order valence-electron chi connectivity index (χ0n) is 13.3. The van der Waals surface area contributed by atoms with Gasteiger partial charge in [-0.05, 0) is 75.4 Å². The molecule has 23 heavy (non-hydrogen) atoms. The maximum Gasteiger partial charge on any atom is 0.185 e. The molecule has 1 unspecified atom stereocenters. The van der Waals surface area contributed by atoms with Gasteiger partial charge in [-0.25, -0.2) is 8.42 Å². The Morgan fingerprint density at radius 3 is 2.26 bits per heavy atom. The van der Waals surface area contributed by atoms with Crippen LogP contribution in [0, 0.1) is 0 Å². The van der Waals surface area contributed by atoms with Crippen molar-refractivity contribution < 1.29 is 8.42 Å². The van der Waals surface area contributed by atoms with E-state index in [4.69, 9.17) is 11.6 Å². The lowest BCUT2D eigenvalue weighted by atomic mass is 10.1.